The third-order valence-electron chi connectivity index (χ3n) is 1.86. The van der Waals surface area contributed by atoms with E-state index in [1.54, 1.807) is 18.2 Å². The number of hydrogen-bond acceptors (Lipinski definition) is 2. The van der Waals surface area contributed by atoms with Crippen LogP contribution < -0.4 is 0 Å². The van der Waals surface area contributed by atoms with Gasteiger partial charge in [-0.3, -0.25) is 0 Å². The number of likely N-dealkylation sites (N-methyl/N-ethyl adjacent to an activating group) is 1. The van der Waals surface area contributed by atoms with Gasteiger partial charge in [0.25, 0.3) is 0 Å². The lowest BCUT2D eigenvalue weighted by molar-refractivity contribution is 0.138. The summed E-state index contributed by atoms with van der Waals surface area (Å²) in [6.07, 6.45) is -0.574. The highest BCUT2D eigenvalue weighted by atomic mass is 35.5. The minimum absolute atomic E-state index is 0.506. The first-order valence-corrected chi connectivity index (χ1v) is 5.04. The molecule has 0 aromatic heterocycles. The van der Waals surface area contributed by atoms with E-state index in [1.165, 1.54) is 0 Å². The van der Waals surface area contributed by atoms with E-state index in [0.717, 1.165) is 0 Å². The number of aliphatic hydroxyl groups is 1. The van der Waals surface area contributed by atoms with E-state index < -0.39 is 6.10 Å². The molecular weight excluding hydrogens is 221 g/mol. The first-order valence-electron chi connectivity index (χ1n) is 4.28. The molecule has 0 amide bonds. The van der Waals surface area contributed by atoms with Gasteiger partial charge in [0, 0.05) is 22.2 Å². The topological polar surface area (TPSA) is 23.5 Å². The van der Waals surface area contributed by atoms with Crippen LogP contribution in [-0.4, -0.2) is 30.6 Å². The number of halogens is 2. The van der Waals surface area contributed by atoms with Crippen molar-refractivity contribution in [1.29, 1.82) is 0 Å². The van der Waals surface area contributed by atoms with Gasteiger partial charge < -0.3 is 10.0 Å². The van der Waals surface area contributed by atoms with Gasteiger partial charge in [0.2, 0.25) is 0 Å². The fourth-order valence-electron chi connectivity index (χ4n) is 1.22. The van der Waals surface area contributed by atoms with Crippen molar-refractivity contribution in [3.05, 3.63) is 33.8 Å². The SMILES string of the molecule is CN(C)CC(O)c1ccc(Cl)cc1Cl. The van der Waals surface area contributed by atoms with Crippen molar-refractivity contribution < 1.29 is 5.11 Å². The number of aliphatic hydroxyl groups excluding tert-OH is 1. The van der Waals surface area contributed by atoms with Gasteiger partial charge in [-0.15, -0.1) is 0 Å². The fraction of sp³-hybridized carbons (Fsp3) is 0.400. The summed E-state index contributed by atoms with van der Waals surface area (Å²) < 4.78 is 0. The van der Waals surface area contributed by atoms with Gasteiger partial charge in [-0.1, -0.05) is 29.3 Å². The smallest absolute Gasteiger partial charge is 0.0931 e. The van der Waals surface area contributed by atoms with Gasteiger partial charge in [0.15, 0.2) is 0 Å². The third-order valence-corrected chi connectivity index (χ3v) is 2.42. The molecule has 1 atom stereocenters. The van der Waals surface area contributed by atoms with Crippen molar-refractivity contribution in [2.75, 3.05) is 20.6 Å². The molecule has 0 aliphatic carbocycles. The molecular formula is C10H13Cl2NO. The molecule has 1 unspecified atom stereocenters. The highest BCUT2D eigenvalue weighted by Gasteiger charge is 2.12. The van der Waals surface area contributed by atoms with Crippen LogP contribution in [0.4, 0.5) is 0 Å². The van der Waals surface area contributed by atoms with Crippen molar-refractivity contribution in [2.45, 2.75) is 6.10 Å². The largest absolute Gasteiger partial charge is 0.387 e. The van der Waals surface area contributed by atoms with Gasteiger partial charge >= 0.3 is 0 Å². The third kappa shape index (κ3) is 3.14. The second-order valence-corrected chi connectivity index (χ2v) is 4.29. The first-order chi connectivity index (χ1) is 6.50. The molecule has 1 N–H and O–H groups in total. The predicted molar refractivity (Wildman–Crippen MR) is 60.0 cm³/mol. The van der Waals surface area contributed by atoms with Crippen LogP contribution in [0, 0.1) is 0 Å². The van der Waals surface area contributed by atoms with E-state index in [9.17, 15) is 5.11 Å². The zero-order valence-electron chi connectivity index (χ0n) is 8.17. The summed E-state index contributed by atoms with van der Waals surface area (Å²) in [5.74, 6) is 0. The minimum Gasteiger partial charge on any atom is -0.387 e. The van der Waals surface area contributed by atoms with Crippen LogP contribution in [0.15, 0.2) is 18.2 Å². The summed E-state index contributed by atoms with van der Waals surface area (Å²) in [5.41, 5.74) is 0.713. The average Bonchev–Trinajstić information content (AvgIpc) is 2.01. The standard InChI is InChI=1S/C10H13Cl2NO/c1-13(2)6-10(14)8-4-3-7(11)5-9(8)12/h3-5,10,14H,6H2,1-2H3. The van der Waals surface area contributed by atoms with Gasteiger partial charge in [0.1, 0.15) is 0 Å². The quantitative estimate of drug-likeness (QED) is 0.868. The van der Waals surface area contributed by atoms with E-state index in [0.29, 0.717) is 22.2 Å². The first kappa shape index (κ1) is 11.8. The summed E-state index contributed by atoms with van der Waals surface area (Å²) in [4.78, 5) is 1.90. The molecule has 0 saturated heterocycles. The van der Waals surface area contributed by atoms with Crippen LogP contribution in [0.1, 0.15) is 11.7 Å². The Morgan fingerprint density at radius 1 is 1.36 bits per heavy atom. The molecule has 4 heteroatoms. The van der Waals surface area contributed by atoms with Crippen LogP contribution in [0.3, 0.4) is 0 Å². The maximum Gasteiger partial charge on any atom is 0.0931 e. The molecule has 0 aliphatic rings. The maximum absolute atomic E-state index is 9.79. The Hall–Kier alpha value is -0.280. The Balaban J connectivity index is 2.84. The lowest BCUT2D eigenvalue weighted by Crippen LogP contribution is -2.20. The molecule has 0 radical (unpaired) electrons. The zero-order valence-corrected chi connectivity index (χ0v) is 9.68. The number of rotatable bonds is 3. The van der Waals surface area contributed by atoms with Gasteiger partial charge in [-0.2, -0.15) is 0 Å². The summed E-state index contributed by atoms with van der Waals surface area (Å²) in [6.45, 7) is 0.543. The van der Waals surface area contributed by atoms with Gasteiger partial charge in [-0.05, 0) is 26.2 Å². The Morgan fingerprint density at radius 2 is 2.00 bits per heavy atom. The summed E-state index contributed by atoms with van der Waals surface area (Å²) in [7, 11) is 3.79. The summed E-state index contributed by atoms with van der Waals surface area (Å²) >= 11 is 11.7. The Labute approximate surface area is 94.1 Å². The average molecular weight is 234 g/mol. The number of hydrogen-bond donors (Lipinski definition) is 1. The summed E-state index contributed by atoms with van der Waals surface area (Å²) in [6, 6.07) is 5.11. The molecule has 1 rings (SSSR count). The Kier molecular flexibility index (Phi) is 4.20. The van der Waals surface area contributed by atoms with Crippen molar-refractivity contribution in [3.63, 3.8) is 0 Å². The van der Waals surface area contributed by atoms with Crippen LogP contribution in [-0.2, 0) is 0 Å². The predicted octanol–water partition coefficient (Wildman–Crippen LogP) is 2.59. The fourth-order valence-corrected chi connectivity index (χ4v) is 1.75. The summed E-state index contributed by atoms with van der Waals surface area (Å²) in [5, 5.41) is 10.9. The van der Waals surface area contributed by atoms with Crippen LogP contribution >= 0.6 is 23.2 Å². The molecule has 2 nitrogen and oxygen atoms in total. The van der Waals surface area contributed by atoms with E-state index in [-0.39, 0.29) is 0 Å². The van der Waals surface area contributed by atoms with E-state index in [4.69, 9.17) is 23.2 Å². The van der Waals surface area contributed by atoms with Crippen molar-refractivity contribution in [3.8, 4) is 0 Å². The molecule has 1 aromatic carbocycles. The normalized spacial score (nSPS) is 13.3. The second-order valence-electron chi connectivity index (χ2n) is 3.44. The highest BCUT2D eigenvalue weighted by Crippen LogP contribution is 2.26. The Bertz CT molecular complexity index is 315. The van der Waals surface area contributed by atoms with Gasteiger partial charge in [-0.25, -0.2) is 0 Å². The van der Waals surface area contributed by atoms with E-state index in [1.807, 2.05) is 19.0 Å². The molecule has 1 aromatic rings. The Morgan fingerprint density at radius 3 is 2.50 bits per heavy atom. The highest BCUT2D eigenvalue weighted by molar-refractivity contribution is 6.35. The molecule has 78 valence electrons. The lowest BCUT2D eigenvalue weighted by atomic mass is 10.1. The monoisotopic (exact) mass is 233 g/mol. The maximum atomic E-state index is 9.79. The molecule has 0 fully saturated rings. The lowest BCUT2D eigenvalue weighted by Gasteiger charge is -2.17. The van der Waals surface area contributed by atoms with Crippen molar-refractivity contribution in [2.24, 2.45) is 0 Å². The van der Waals surface area contributed by atoms with Crippen LogP contribution in [0.5, 0.6) is 0 Å². The number of benzene rings is 1. The molecule has 0 aliphatic heterocycles. The molecule has 0 spiro atoms. The second kappa shape index (κ2) is 4.99. The van der Waals surface area contributed by atoms with Crippen molar-refractivity contribution in [1.82, 2.24) is 4.90 Å². The van der Waals surface area contributed by atoms with Crippen LogP contribution in [0.25, 0.3) is 0 Å². The molecule has 14 heavy (non-hydrogen) atoms. The molecule has 0 saturated carbocycles. The van der Waals surface area contributed by atoms with Crippen LogP contribution in [0.2, 0.25) is 10.0 Å². The minimum atomic E-state index is -0.574. The van der Waals surface area contributed by atoms with Crippen molar-refractivity contribution >= 4 is 23.2 Å². The number of nitrogens with zero attached hydrogens (tertiary/aromatic N) is 1. The molecule has 0 heterocycles. The molecule has 0 bridgehead atoms. The van der Waals surface area contributed by atoms with Gasteiger partial charge in [0.05, 0.1) is 6.10 Å². The van der Waals surface area contributed by atoms with E-state index in [2.05, 4.69) is 0 Å². The zero-order chi connectivity index (χ0) is 10.7. The van der Waals surface area contributed by atoms with E-state index >= 15 is 0 Å².